The molecule has 0 fully saturated rings. The molecule has 0 aliphatic heterocycles. The summed E-state index contributed by atoms with van der Waals surface area (Å²) in [6.07, 6.45) is 0.913. The quantitative estimate of drug-likeness (QED) is 0.877. The molecule has 1 atom stereocenters. The van der Waals surface area contributed by atoms with Gasteiger partial charge in [0.1, 0.15) is 11.9 Å². The summed E-state index contributed by atoms with van der Waals surface area (Å²) in [5, 5.41) is 2.15. The Morgan fingerprint density at radius 3 is 2.65 bits per heavy atom. The lowest BCUT2D eigenvalue weighted by Gasteiger charge is -2.17. The van der Waals surface area contributed by atoms with Gasteiger partial charge in [0.05, 0.1) is 0 Å². The average Bonchev–Trinajstić information content (AvgIpc) is 2.77. The van der Waals surface area contributed by atoms with Gasteiger partial charge in [-0.2, -0.15) is 0 Å². The molecule has 0 aliphatic carbocycles. The molecular weight excluding hydrogens is 230 g/mol. The Morgan fingerprint density at radius 2 is 2.06 bits per heavy atom. The van der Waals surface area contributed by atoms with E-state index in [1.54, 1.807) is 11.3 Å². The predicted octanol–water partition coefficient (Wildman–Crippen LogP) is 3.53. The van der Waals surface area contributed by atoms with Crippen molar-refractivity contribution in [1.29, 1.82) is 0 Å². The van der Waals surface area contributed by atoms with Gasteiger partial charge < -0.3 is 10.5 Å². The van der Waals surface area contributed by atoms with Crippen molar-refractivity contribution in [3.63, 3.8) is 0 Å². The van der Waals surface area contributed by atoms with E-state index in [1.165, 1.54) is 10.4 Å². The molecule has 2 aromatic rings. The van der Waals surface area contributed by atoms with Gasteiger partial charge in [-0.25, -0.2) is 0 Å². The Morgan fingerprint density at radius 1 is 1.29 bits per heavy atom. The van der Waals surface area contributed by atoms with Gasteiger partial charge in [-0.05, 0) is 42.6 Å². The number of aryl methyl sites for hydroxylation is 1. The molecule has 1 aromatic heterocycles. The highest BCUT2D eigenvalue weighted by atomic mass is 32.1. The van der Waals surface area contributed by atoms with Crippen molar-refractivity contribution in [2.75, 3.05) is 6.54 Å². The highest BCUT2D eigenvalue weighted by Gasteiger charge is 2.14. The maximum absolute atomic E-state index is 5.98. The van der Waals surface area contributed by atoms with Crippen LogP contribution in [0.3, 0.4) is 0 Å². The molecule has 0 radical (unpaired) electrons. The first-order valence-electron chi connectivity index (χ1n) is 5.76. The van der Waals surface area contributed by atoms with Crippen molar-refractivity contribution >= 4 is 11.3 Å². The molecule has 2 nitrogen and oxygen atoms in total. The number of benzene rings is 1. The number of thiophene rings is 1. The summed E-state index contributed by atoms with van der Waals surface area (Å²) in [6, 6.07) is 12.1. The van der Waals surface area contributed by atoms with E-state index >= 15 is 0 Å². The first kappa shape index (κ1) is 12.1. The summed E-state index contributed by atoms with van der Waals surface area (Å²) in [4.78, 5) is 1.25. The fourth-order valence-corrected chi connectivity index (χ4v) is 2.66. The second-order valence-corrected chi connectivity index (χ2v) is 4.97. The second-order valence-electron chi connectivity index (χ2n) is 4.02. The van der Waals surface area contributed by atoms with E-state index in [0.717, 1.165) is 12.2 Å². The fourth-order valence-electron chi connectivity index (χ4n) is 1.70. The molecule has 3 heteroatoms. The van der Waals surface area contributed by atoms with Gasteiger partial charge in [-0.15, -0.1) is 11.3 Å². The molecule has 0 saturated heterocycles. The fraction of sp³-hybridized carbons (Fsp3) is 0.286. The normalized spacial score (nSPS) is 12.4. The summed E-state index contributed by atoms with van der Waals surface area (Å²) in [5.74, 6) is 0.900. The summed E-state index contributed by atoms with van der Waals surface area (Å²) in [7, 11) is 0. The van der Waals surface area contributed by atoms with E-state index < -0.39 is 0 Å². The van der Waals surface area contributed by atoms with E-state index in [4.69, 9.17) is 10.5 Å². The maximum atomic E-state index is 5.98. The number of nitrogens with two attached hydrogens (primary N) is 1. The van der Waals surface area contributed by atoms with Crippen molar-refractivity contribution in [2.45, 2.75) is 19.4 Å². The Labute approximate surface area is 106 Å². The SMILES string of the molecule is Cc1csc(C(CCN)Oc2ccccc2)c1. The van der Waals surface area contributed by atoms with E-state index in [-0.39, 0.29) is 6.10 Å². The lowest BCUT2D eigenvalue weighted by atomic mass is 10.2. The number of hydrogen-bond donors (Lipinski definition) is 1. The summed E-state index contributed by atoms with van der Waals surface area (Å²) < 4.78 is 5.98. The third kappa shape index (κ3) is 3.32. The van der Waals surface area contributed by atoms with Crippen LogP contribution in [0.4, 0.5) is 0 Å². The number of para-hydroxylation sites is 1. The van der Waals surface area contributed by atoms with Crippen LogP contribution in [0.5, 0.6) is 5.75 Å². The third-order valence-corrected chi connectivity index (χ3v) is 3.66. The minimum atomic E-state index is 0.0705. The minimum Gasteiger partial charge on any atom is -0.485 e. The molecule has 90 valence electrons. The van der Waals surface area contributed by atoms with Crippen LogP contribution in [-0.2, 0) is 0 Å². The zero-order valence-corrected chi connectivity index (χ0v) is 10.7. The smallest absolute Gasteiger partial charge is 0.134 e. The summed E-state index contributed by atoms with van der Waals surface area (Å²) in [5.41, 5.74) is 6.93. The van der Waals surface area contributed by atoms with E-state index in [1.807, 2.05) is 30.3 Å². The minimum absolute atomic E-state index is 0.0705. The second kappa shape index (κ2) is 5.84. The molecule has 2 rings (SSSR count). The Balaban J connectivity index is 2.13. The molecule has 0 bridgehead atoms. The standard InChI is InChI=1S/C14H17NOS/c1-11-9-14(17-10-11)13(7-8-15)16-12-5-3-2-4-6-12/h2-6,9-10,13H,7-8,15H2,1H3. The van der Waals surface area contributed by atoms with Crippen LogP contribution in [-0.4, -0.2) is 6.54 Å². The Bertz CT molecular complexity index is 452. The van der Waals surface area contributed by atoms with Crippen molar-refractivity contribution in [3.05, 3.63) is 52.2 Å². The number of ether oxygens (including phenoxy) is 1. The van der Waals surface area contributed by atoms with Crippen LogP contribution in [0.1, 0.15) is 23.0 Å². The van der Waals surface area contributed by atoms with Gasteiger partial charge in [0, 0.05) is 11.3 Å². The van der Waals surface area contributed by atoms with Gasteiger partial charge in [0.25, 0.3) is 0 Å². The van der Waals surface area contributed by atoms with Gasteiger partial charge in [-0.1, -0.05) is 18.2 Å². The topological polar surface area (TPSA) is 35.2 Å². The van der Waals surface area contributed by atoms with Gasteiger partial charge in [0.2, 0.25) is 0 Å². The Hall–Kier alpha value is -1.32. The molecule has 1 heterocycles. The number of hydrogen-bond acceptors (Lipinski definition) is 3. The number of rotatable bonds is 5. The summed E-state index contributed by atoms with van der Waals surface area (Å²) >= 11 is 1.74. The first-order valence-corrected chi connectivity index (χ1v) is 6.64. The molecule has 0 amide bonds. The molecule has 0 saturated carbocycles. The van der Waals surface area contributed by atoms with Crippen LogP contribution in [0.25, 0.3) is 0 Å². The molecule has 17 heavy (non-hydrogen) atoms. The zero-order valence-electron chi connectivity index (χ0n) is 9.93. The maximum Gasteiger partial charge on any atom is 0.134 e. The molecule has 0 spiro atoms. The molecule has 1 aromatic carbocycles. The van der Waals surface area contributed by atoms with Crippen molar-refractivity contribution in [3.8, 4) is 5.75 Å². The highest BCUT2D eigenvalue weighted by molar-refractivity contribution is 7.10. The van der Waals surface area contributed by atoms with Gasteiger partial charge in [-0.3, -0.25) is 0 Å². The van der Waals surface area contributed by atoms with Crippen LogP contribution >= 0.6 is 11.3 Å². The molecule has 1 unspecified atom stereocenters. The molecular formula is C14H17NOS. The predicted molar refractivity (Wildman–Crippen MR) is 72.5 cm³/mol. The van der Waals surface area contributed by atoms with E-state index in [9.17, 15) is 0 Å². The lowest BCUT2D eigenvalue weighted by Crippen LogP contribution is -2.12. The van der Waals surface area contributed by atoms with Crippen LogP contribution in [0.15, 0.2) is 41.8 Å². The third-order valence-electron chi connectivity index (χ3n) is 2.52. The van der Waals surface area contributed by atoms with Gasteiger partial charge >= 0.3 is 0 Å². The monoisotopic (exact) mass is 247 g/mol. The van der Waals surface area contributed by atoms with Crippen LogP contribution in [0, 0.1) is 6.92 Å². The zero-order chi connectivity index (χ0) is 12.1. The highest BCUT2D eigenvalue weighted by Crippen LogP contribution is 2.28. The average molecular weight is 247 g/mol. The Kier molecular flexibility index (Phi) is 4.18. The van der Waals surface area contributed by atoms with Crippen molar-refractivity contribution in [2.24, 2.45) is 5.73 Å². The van der Waals surface area contributed by atoms with E-state index in [2.05, 4.69) is 18.4 Å². The van der Waals surface area contributed by atoms with Gasteiger partial charge in [0.15, 0.2) is 0 Å². The lowest BCUT2D eigenvalue weighted by molar-refractivity contribution is 0.201. The molecule has 0 aliphatic rings. The van der Waals surface area contributed by atoms with Crippen molar-refractivity contribution < 1.29 is 4.74 Å². The van der Waals surface area contributed by atoms with Crippen LogP contribution in [0.2, 0.25) is 0 Å². The van der Waals surface area contributed by atoms with Crippen molar-refractivity contribution in [1.82, 2.24) is 0 Å². The van der Waals surface area contributed by atoms with E-state index in [0.29, 0.717) is 6.54 Å². The molecule has 2 N–H and O–H groups in total. The first-order chi connectivity index (χ1) is 8.29. The summed E-state index contributed by atoms with van der Waals surface area (Å²) in [6.45, 7) is 2.73. The van der Waals surface area contributed by atoms with Crippen LogP contribution < -0.4 is 10.5 Å². The largest absolute Gasteiger partial charge is 0.485 e.